The molecular weight excluding hydrogens is 284 g/mol. The molecule has 5 heteroatoms. The smallest absolute Gasteiger partial charge is 0.339 e. The fraction of sp³-hybridized carbons (Fsp3) is 0.125. The van der Waals surface area contributed by atoms with Crippen LogP contribution in [0.2, 0.25) is 0 Å². The summed E-state index contributed by atoms with van der Waals surface area (Å²) in [5.41, 5.74) is 2.18. The highest BCUT2D eigenvalue weighted by Gasteiger charge is 2.13. The zero-order chi connectivity index (χ0) is 14.8. The van der Waals surface area contributed by atoms with Crippen LogP contribution >= 0.6 is 11.3 Å². The summed E-state index contributed by atoms with van der Waals surface area (Å²) in [6, 6.07) is 11.2. The van der Waals surface area contributed by atoms with Gasteiger partial charge in [0.2, 0.25) is 0 Å². The van der Waals surface area contributed by atoms with Gasteiger partial charge in [0.25, 0.3) is 0 Å². The van der Waals surface area contributed by atoms with Gasteiger partial charge in [-0.1, -0.05) is 18.2 Å². The summed E-state index contributed by atoms with van der Waals surface area (Å²) in [6.07, 6.45) is 0. The monoisotopic (exact) mass is 298 g/mol. The lowest BCUT2D eigenvalue weighted by molar-refractivity contribution is 0.0697. The molecule has 0 spiro atoms. The minimum atomic E-state index is -0.973. The van der Waals surface area contributed by atoms with Crippen molar-refractivity contribution in [2.45, 2.75) is 13.5 Å². The Bertz CT molecular complexity index is 811. The molecule has 0 fully saturated rings. The van der Waals surface area contributed by atoms with Gasteiger partial charge in [0.1, 0.15) is 11.4 Å². The van der Waals surface area contributed by atoms with Gasteiger partial charge in [0.05, 0.1) is 12.1 Å². The Morgan fingerprint density at radius 2 is 2.14 bits per heavy atom. The first-order valence-corrected chi connectivity index (χ1v) is 7.43. The number of hydrogen-bond donors (Lipinski definition) is 2. The lowest BCUT2D eigenvalue weighted by Gasteiger charge is -2.10. The highest BCUT2D eigenvalue weighted by atomic mass is 32.1. The Kier molecular flexibility index (Phi) is 3.58. The first kappa shape index (κ1) is 13.6. The number of aromatic nitrogens is 1. The molecule has 1 aromatic carbocycles. The number of pyridine rings is 1. The van der Waals surface area contributed by atoms with E-state index in [-0.39, 0.29) is 5.56 Å². The molecule has 0 amide bonds. The molecule has 0 unspecified atom stereocenters. The third-order valence-corrected chi connectivity index (χ3v) is 4.36. The van der Waals surface area contributed by atoms with Gasteiger partial charge in [0, 0.05) is 10.3 Å². The second kappa shape index (κ2) is 5.54. The lowest BCUT2D eigenvalue weighted by atomic mass is 10.1. The van der Waals surface area contributed by atoms with Crippen molar-refractivity contribution in [3.05, 3.63) is 57.8 Å². The second-order valence-electron chi connectivity index (χ2n) is 4.76. The van der Waals surface area contributed by atoms with Gasteiger partial charge in [-0.15, -0.1) is 11.3 Å². The molecule has 0 bridgehead atoms. The molecule has 0 aliphatic rings. The normalized spacial score (nSPS) is 10.7. The van der Waals surface area contributed by atoms with Crippen molar-refractivity contribution in [3.63, 3.8) is 0 Å². The molecule has 2 N–H and O–H groups in total. The molecule has 0 aliphatic heterocycles. The lowest BCUT2D eigenvalue weighted by Crippen LogP contribution is -2.08. The molecule has 0 saturated carbocycles. The van der Waals surface area contributed by atoms with E-state index in [1.807, 2.05) is 42.6 Å². The molecule has 0 aliphatic carbocycles. The number of para-hydroxylation sites is 1. The van der Waals surface area contributed by atoms with E-state index in [9.17, 15) is 9.90 Å². The number of fused-ring (bicyclic) bond motifs is 1. The summed E-state index contributed by atoms with van der Waals surface area (Å²) in [5, 5.41) is 15.4. The largest absolute Gasteiger partial charge is 0.478 e. The van der Waals surface area contributed by atoms with Gasteiger partial charge >= 0.3 is 5.97 Å². The Balaban J connectivity index is 1.97. The van der Waals surface area contributed by atoms with Crippen LogP contribution in [0.15, 0.2) is 41.8 Å². The maximum Gasteiger partial charge on any atom is 0.339 e. The predicted octanol–water partition coefficient (Wildman–Crippen LogP) is 3.92. The maximum atomic E-state index is 11.4. The number of carboxylic acids is 1. The standard InChI is InChI=1S/C16H14N2O2S/c1-10-6-7-21-14(10)9-17-15-12(16(19)20)8-11-4-2-3-5-13(11)18-15/h2-8H,9H2,1H3,(H,17,18)(H,19,20). The van der Waals surface area contributed by atoms with Crippen LogP contribution < -0.4 is 5.32 Å². The van der Waals surface area contributed by atoms with Crippen molar-refractivity contribution in [3.8, 4) is 0 Å². The molecule has 2 heterocycles. The van der Waals surface area contributed by atoms with Crippen LogP contribution in [-0.4, -0.2) is 16.1 Å². The van der Waals surface area contributed by atoms with E-state index in [4.69, 9.17) is 0 Å². The van der Waals surface area contributed by atoms with Gasteiger partial charge in [0.15, 0.2) is 0 Å². The first-order chi connectivity index (χ1) is 10.1. The van der Waals surface area contributed by atoms with E-state index in [1.54, 1.807) is 17.4 Å². The van der Waals surface area contributed by atoms with Crippen LogP contribution in [0.1, 0.15) is 20.8 Å². The fourth-order valence-electron chi connectivity index (χ4n) is 2.16. The van der Waals surface area contributed by atoms with Crippen LogP contribution in [0.3, 0.4) is 0 Å². The number of hydrogen-bond acceptors (Lipinski definition) is 4. The molecular formula is C16H14N2O2S. The third-order valence-electron chi connectivity index (χ3n) is 3.34. The zero-order valence-electron chi connectivity index (χ0n) is 11.5. The minimum Gasteiger partial charge on any atom is -0.478 e. The Morgan fingerprint density at radius 1 is 1.33 bits per heavy atom. The van der Waals surface area contributed by atoms with E-state index < -0.39 is 5.97 Å². The van der Waals surface area contributed by atoms with Crippen LogP contribution in [-0.2, 0) is 6.54 Å². The highest BCUT2D eigenvalue weighted by molar-refractivity contribution is 7.10. The number of rotatable bonds is 4. The summed E-state index contributed by atoms with van der Waals surface area (Å²) < 4.78 is 0. The molecule has 3 aromatic rings. The number of thiophene rings is 1. The van der Waals surface area contributed by atoms with Crippen LogP contribution in [0.25, 0.3) is 10.9 Å². The van der Waals surface area contributed by atoms with Gasteiger partial charge in [-0.2, -0.15) is 0 Å². The molecule has 0 saturated heterocycles. The summed E-state index contributed by atoms with van der Waals surface area (Å²) >= 11 is 1.65. The molecule has 106 valence electrons. The Labute approximate surface area is 126 Å². The summed E-state index contributed by atoms with van der Waals surface area (Å²) in [7, 11) is 0. The number of carboxylic acid groups (broad SMARTS) is 1. The van der Waals surface area contributed by atoms with Crippen LogP contribution in [0.4, 0.5) is 5.82 Å². The summed E-state index contributed by atoms with van der Waals surface area (Å²) in [5.74, 6) is -0.562. The topological polar surface area (TPSA) is 62.2 Å². The summed E-state index contributed by atoms with van der Waals surface area (Å²) in [4.78, 5) is 17.0. The van der Waals surface area contributed by atoms with Crippen LogP contribution in [0.5, 0.6) is 0 Å². The number of nitrogens with zero attached hydrogens (tertiary/aromatic N) is 1. The van der Waals surface area contributed by atoms with Gasteiger partial charge in [-0.3, -0.25) is 0 Å². The van der Waals surface area contributed by atoms with Crippen molar-refractivity contribution in [2.75, 3.05) is 5.32 Å². The van der Waals surface area contributed by atoms with Crippen molar-refractivity contribution < 1.29 is 9.90 Å². The minimum absolute atomic E-state index is 0.197. The average molecular weight is 298 g/mol. The number of anilines is 1. The highest BCUT2D eigenvalue weighted by Crippen LogP contribution is 2.22. The number of aryl methyl sites for hydroxylation is 1. The quantitative estimate of drug-likeness (QED) is 0.766. The molecule has 3 rings (SSSR count). The van der Waals surface area contributed by atoms with Gasteiger partial charge in [-0.25, -0.2) is 9.78 Å². The van der Waals surface area contributed by atoms with Crippen molar-refractivity contribution in [1.29, 1.82) is 0 Å². The molecule has 4 nitrogen and oxygen atoms in total. The van der Waals surface area contributed by atoms with E-state index in [1.165, 1.54) is 10.4 Å². The zero-order valence-corrected chi connectivity index (χ0v) is 12.3. The Hall–Kier alpha value is -2.40. The third kappa shape index (κ3) is 2.73. The molecule has 21 heavy (non-hydrogen) atoms. The first-order valence-electron chi connectivity index (χ1n) is 6.55. The van der Waals surface area contributed by atoms with E-state index in [0.717, 1.165) is 10.9 Å². The van der Waals surface area contributed by atoms with Crippen molar-refractivity contribution in [1.82, 2.24) is 4.98 Å². The van der Waals surface area contributed by atoms with Crippen LogP contribution in [0, 0.1) is 6.92 Å². The van der Waals surface area contributed by atoms with E-state index in [0.29, 0.717) is 12.4 Å². The van der Waals surface area contributed by atoms with Gasteiger partial charge in [-0.05, 0) is 36.1 Å². The fourth-order valence-corrected chi connectivity index (χ4v) is 3.01. The number of benzene rings is 1. The summed E-state index contributed by atoms with van der Waals surface area (Å²) in [6.45, 7) is 2.62. The number of carbonyl (C=O) groups is 1. The molecule has 2 aromatic heterocycles. The van der Waals surface area contributed by atoms with E-state index >= 15 is 0 Å². The van der Waals surface area contributed by atoms with Gasteiger partial charge < -0.3 is 10.4 Å². The maximum absolute atomic E-state index is 11.4. The number of aromatic carboxylic acids is 1. The predicted molar refractivity (Wildman–Crippen MR) is 85.1 cm³/mol. The molecule has 0 radical (unpaired) electrons. The van der Waals surface area contributed by atoms with Crippen molar-refractivity contribution in [2.24, 2.45) is 0 Å². The SMILES string of the molecule is Cc1ccsc1CNc1nc2ccccc2cc1C(=O)O. The molecule has 0 atom stereocenters. The van der Waals surface area contributed by atoms with E-state index in [2.05, 4.69) is 10.3 Å². The Morgan fingerprint density at radius 3 is 2.86 bits per heavy atom. The average Bonchev–Trinajstić information content (AvgIpc) is 2.89. The van der Waals surface area contributed by atoms with Crippen molar-refractivity contribution >= 4 is 34.0 Å². The second-order valence-corrected chi connectivity index (χ2v) is 5.76. The number of nitrogens with one attached hydrogen (secondary N) is 1.